The van der Waals surface area contributed by atoms with Crippen LogP contribution in [0.3, 0.4) is 0 Å². The Morgan fingerprint density at radius 3 is 2.31 bits per heavy atom. The fourth-order valence-corrected chi connectivity index (χ4v) is 3.89. The van der Waals surface area contributed by atoms with Crippen molar-refractivity contribution >= 4 is 11.8 Å². The largest absolute Gasteiger partial charge is 0.348 e. The maximum atomic E-state index is 12.8. The van der Waals surface area contributed by atoms with E-state index in [1.807, 2.05) is 36.1 Å². The Hall–Kier alpha value is -2.70. The van der Waals surface area contributed by atoms with Gasteiger partial charge in [0.05, 0.1) is 13.2 Å². The molecule has 0 aliphatic carbocycles. The first kappa shape index (κ1) is 19.6. The maximum absolute atomic E-state index is 12.8. The second-order valence-corrected chi connectivity index (χ2v) is 7.65. The smallest absolute Gasteiger partial charge is 0.253 e. The Kier molecular flexibility index (Phi) is 5.65. The first-order valence-electron chi connectivity index (χ1n) is 10.1. The first-order valence-corrected chi connectivity index (χ1v) is 10.1. The van der Waals surface area contributed by atoms with Gasteiger partial charge in [0.1, 0.15) is 0 Å². The highest BCUT2D eigenvalue weighted by molar-refractivity contribution is 5.97. The highest BCUT2D eigenvalue weighted by Gasteiger charge is 2.40. The molecule has 6 heteroatoms. The van der Waals surface area contributed by atoms with Gasteiger partial charge in [0.15, 0.2) is 5.79 Å². The number of amides is 2. The zero-order valence-corrected chi connectivity index (χ0v) is 16.6. The van der Waals surface area contributed by atoms with Crippen LogP contribution in [0.15, 0.2) is 48.5 Å². The van der Waals surface area contributed by atoms with Crippen molar-refractivity contribution < 1.29 is 19.1 Å². The van der Waals surface area contributed by atoms with Gasteiger partial charge in [0, 0.05) is 43.6 Å². The van der Waals surface area contributed by atoms with Gasteiger partial charge in [-0.1, -0.05) is 29.8 Å². The number of carbonyl (C=O) groups excluding carboxylic acids is 2. The summed E-state index contributed by atoms with van der Waals surface area (Å²) in [6.45, 7) is 4.97. The van der Waals surface area contributed by atoms with E-state index < -0.39 is 5.79 Å². The third-order valence-corrected chi connectivity index (χ3v) is 5.56. The number of ether oxygens (including phenoxy) is 2. The standard InChI is InChI=1S/C23H26N2O4/c1-17-3-2-4-18(15-17)16-24-21(26)19-5-7-20(8-6-19)22(27)25-11-9-23(10-12-25)28-13-14-29-23/h2-8,15H,9-14,16H2,1H3,(H,24,26). The highest BCUT2D eigenvalue weighted by atomic mass is 16.7. The van der Waals surface area contributed by atoms with E-state index in [2.05, 4.69) is 5.32 Å². The van der Waals surface area contributed by atoms with E-state index in [1.165, 1.54) is 0 Å². The summed E-state index contributed by atoms with van der Waals surface area (Å²) in [5.74, 6) is -0.666. The lowest BCUT2D eigenvalue weighted by Crippen LogP contribution is -2.47. The fraction of sp³-hybridized carbons (Fsp3) is 0.391. The molecular weight excluding hydrogens is 368 g/mol. The number of aryl methyl sites for hydroxylation is 1. The van der Waals surface area contributed by atoms with Crippen LogP contribution >= 0.6 is 0 Å². The lowest BCUT2D eigenvalue weighted by atomic mass is 10.0. The summed E-state index contributed by atoms with van der Waals surface area (Å²) in [6, 6.07) is 14.9. The monoisotopic (exact) mass is 394 g/mol. The van der Waals surface area contributed by atoms with Crippen molar-refractivity contribution in [1.29, 1.82) is 0 Å². The zero-order valence-electron chi connectivity index (χ0n) is 16.6. The molecule has 4 rings (SSSR count). The van der Waals surface area contributed by atoms with Crippen molar-refractivity contribution in [2.24, 2.45) is 0 Å². The number of piperidine rings is 1. The highest BCUT2D eigenvalue weighted by Crippen LogP contribution is 2.31. The predicted molar refractivity (Wildman–Crippen MR) is 109 cm³/mol. The van der Waals surface area contributed by atoms with Gasteiger partial charge in [-0.3, -0.25) is 9.59 Å². The molecule has 0 unspecified atom stereocenters. The van der Waals surface area contributed by atoms with Crippen LogP contribution in [-0.2, 0) is 16.0 Å². The van der Waals surface area contributed by atoms with Gasteiger partial charge in [-0.05, 0) is 36.8 Å². The molecule has 0 saturated carbocycles. The topological polar surface area (TPSA) is 67.9 Å². The van der Waals surface area contributed by atoms with Crippen LogP contribution in [-0.4, -0.2) is 48.8 Å². The zero-order chi connectivity index (χ0) is 20.3. The summed E-state index contributed by atoms with van der Waals surface area (Å²) >= 11 is 0. The number of hydrogen-bond acceptors (Lipinski definition) is 4. The number of likely N-dealkylation sites (tertiary alicyclic amines) is 1. The van der Waals surface area contributed by atoms with Gasteiger partial charge >= 0.3 is 0 Å². The van der Waals surface area contributed by atoms with Crippen molar-refractivity contribution in [2.75, 3.05) is 26.3 Å². The first-order chi connectivity index (χ1) is 14.0. The van der Waals surface area contributed by atoms with Gasteiger partial charge in [-0.25, -0.2) is 0 Å². The SMILES string of the molecule is Cc1cccc(CNC(=O)c2ccc(C(=O)N3CCC4(CC3)OCCO4)cc2)c1. The van der Waals surface area contributed by atoms with E-state index in [4.69, 9.17) is 9.47 Å². The third kappa shape index (κ3) is 4.49. The second-order valence-electron chi connectivity index (χ2n) is 7.65. The molecule has 2 aliphatic rings. The number of rotatable bonds is 4. The molecule has 29 heavy (non-hydrogen) atoms. The predicted octanol–water partition coefficient (Wildman–Crippen LogP) is 2.90. The van der Waals surface area contributed by atoms with Gasteiger partial charge in [0.25, 0.3) is 11.8 Å². The molecule has 2 heterocycles. The molecular formula is C23H26N2O4. The molecule has 0 aromatic heterocycles. The molecule has 2 aliphatic heterocycles. The molecule has 2 aromatic rings. The van der Waals surface area contributed by atoms with Crippen LogP contribution < -0.4 is 5.32 Å². The van der Waals surface area contributed by atoms with Crippen molar-refractivity contribution in [3.05, 3.63) is 70.8 Å². The van der Waals surface area contributed by atoms with Crippen LogP contribution in [0.4, 0.5) is 0 Å². The Bertz CT molecular complexity index is 878. The summed E-state index contributed by atoms with van der Waals surface area (Å²) in [7, 11) is 0. The Labute approximate surface area is 170 Å². The van der Waals surface area contributed by atoms with Gasteiger partial charge in [0.2, 0.25) is 0 Å². The molecule has 0 bridgehead atoms. The molecule has 0 radical (unpaired) electrons. The van der Waals surface area contributed by atoms with Crippen LogP contribution in [0.5, 0.6) is 0 Å². The van der Waals surface area contributed by atoms with Crippen molar-refractivity contribution in [3.63, 3.8) is 0 Å². The summed E-state index contributed by atoms with van der Waals surface area (Å²) in [5, 5.41) is 2.92. The quantitative estimate of drug-likeness (QED) is 0.866. The minimum absolute atomic E-state index is 0.0236. The normalized spacial score (nSPS) is 18.0. The molecule has 2 amide bonds. The van der Waals surface area contributed by atoms with Crippen LogP contribution in [0, 0.1) is 6.92 Å². The van der Waals surface area contributed by atoms with Crippen molar-refractivity contribution in [2.45, 2.75) is 32.1 Å². The van der Waals surface area contributed by atoms with Crippen molar-refractivity contribution in [1.82, 2.24) is 10.2 Å². The number of hydrogen-bond donors (Lipinski definition) is 1. The van der Waals surface area contributed by atoms with Crippen molar-refractivity contribution in [3.8, 4) is 0 Å². The average molecular weight is 394 g/mol. The minimum Gasteiger partial charge on any atom is -0.348 e. The number of benzene rings is 2. The maximum Gasteiger partial charge on any atom is 0.253 e. The molecule has 6 nitrogen and oxygen atoms in total. The van der Waals surface area contributed by atoms with Gasteiger partial charge in [-0.15, -0.1) is 0 Å². The number of nitrogens with one attached hydrogen (secondary N) is 1. The molecule has 1 spiro atoms. The summed E-state index contributed by atoms with van der Waals surface area (Å²) < 4.78 is 11.4. The Morgan fingerprint density at radius 2 is 1.66 bits per heavy atom. The Balaban J connectivity index is 1.32. The minimum atomic E-state index is -0.490. The van der Waals surface area contributed by atoms with Crippen LogP contribution in [0.1, 0.15) is 44.7 Å². The van der Waals surface area contributed by atoms with E-state index in [9.17, 15) is 9.59 Å². The molecule has 2 aromatic carbocycles. The van der Waals surface area contributed by atoms with Gasteiger partial charge < -0.3 is 19.7 Å². The summed E-state index contributed by atoms with van der Waals surface area (Å²) in [4.78, 5) is 27.0. The van der Waals surface area contributed by atoms with Crippen LogP contribution in [0.25, 0.3) is 0 Å². The Morgan fingerprint density at radius 1 is 1.00 bits per heavy atom. The van der Waals surface area contributed by atoms with Crippen LogP contribution in [0.2, 0.25) is 0 Å². The molecule has 2 fully saturated rings. The fourth-order valence-electron chi connectivity index (χ4n) is 3.89. The third-order valence-electron chi connectivity index (χ3n) is 5.56. The summed E-state index contributed by atoms with van der Waals surface area (Å²) in [6.07, 6.45) is 1.39. The van der Waals surface area contributed by atoms with E-state index in [0.29, 0.717) is 56.8 Å². The summed E-state index contributed by atoms with van der Waals surface area (Å²) in [5.41, 5.74) is 3.35. The average Bonchev–Trinajstić information content (AvgIpc) is 3.20. The lowest BCUT2D eigenvalue weighted by molar-refractivity contribution is -0.181. The second kappa shape index (κ2) is 8.35. The van der Waals surface area contributed by atoms with E-state index in [-0.39, 0.29) is 11.8 Å². The van der Waals surface area contributed by atoms with E-state index in [0.717, 1.165) is 11.1 Å². The molecule has 0 atom stereocenters. The molecule has 2 saturated heterocycles. The number of carbonyl (C=O) groups is 2. The molecule has 1 N–H and O–H groups in total. The van der Waals surface area contributed by atoms with E-state index in [1.54, 1.807) is 24.3 Å². The lowest BCUT2D eigenvalue weighted by Gasteiger charge is -2.37. The number of nitrogens with zero attached hydrogens (tertiary/aromatic N) is 1. The van der Waals surface area contributed by atoms with E-state index >= 15 is 0 Å². The van der Waals surface area contributed by atoms with Gasteiger partial charge in [-0.2, -0.15) is 0 Å². The molecule has 152 valence electrons.